The highest BCUT2D eigenvalue weighted by atomic mass is 79.9. The summed E-state index contributed by atoms with van der Waals surface area (Å²) in [4.78, 5) is 1.39. The lowest BCUT2D eigenvalue weighted by molar-refractivity contribution is 0.526. The fraction of sp³-hybridized carbons (Fsp3) is 0.600. The van der Waals surface area contributed by atoms with E-state index in [1.165, 1.54) is 26.6 Å². The van der Waals surface area contributed by atoms with Gasteiger partial charge in [0.1, 0.15) is 0 Å². The predicted molar refractivity (Wildman–Crippen MR) is 80.4 cm³/mol. The fourth-order valence-electron chi connectivity index (χ4n) is 1.71. The molecule has 6 heteroatoms. The molecule has 2 unspecified atom stereocenters. The summed E-state index contributed by atoms with van der Waals surface area (Å²) in [5.74, 6) is 9.43. The first-order valence-corrected chi connectivity index (χ1v) is 9.05. The average molecular weight is 339 g/mol. The second-order valence-corrected chi connectivity index (χ2v) is 8.10. The Balaban J connectivity index is 1.94. The van der Waals surface area contributed by atoms with Crippen molar-refractivity contribution in [3.63, 3.8) is 0 Å². The maximum absolute atomic E-state index is 5.68. The lowest BCUT2D eigenvalue weighted by atomic mass is 10.1. The van der Waals surface area contributed by atoms with Gasteiger partial charge in [0, 0.05) is 43.3 Å². The molecule has 1 fully saturated rings. The summed E-state index contributed by atoms with van der Waals surface area (Å²) in [6.45, 7) is 0. The van der Waals surface area contributed by atoms with E-state index in [2.05, 4.69) is 44.6 Å². The second-order valence-electron chi connectivity index (χ2n) is 3.69. The molecule has 0 amide bonds. The number of hydrogen-bond donors (Lipinski definition) is 2. The Bertz CT molecular complexity index is 326. The van der Waals surface area contributed by atoms with E-state index in [0.717, 1.165) is 6.42 Å². The topological polar surface area (TPSA) is 38.0 Å². The van der Waals surface area contributed by atoms with Crippen LogP contribution in [-0.4, -0.2) is 28.6 Å². The standard InChI is InChI=1S/C10H15BrN2S3/c11-7-3-8(16-5-7)4-9(13-12)10-6-14-1-2-15-10/h3,5,9-10,13H,1-2,4,6,12H2. The zero-order chi connectivity index (χ0) is 11.4. The van der Waals surface area contributed by atoms with Crippen LogP contribution in [-0.2, 0) is 6.42 Å². The van der Waals surface area contributed by atoms with Crippen LogP contribution in [0, 0.1) is 0 Å². The maximum atomic E-state index is 5.68. The molecule has 0 saturated carbocycles. The lowest BCUT2D eigenvalue weighted by Crippen LogP contribution is -2.46. The van der Waals surface area contributed by atoms with E-state index in [0.29, 0.717) is 11.3 Å². The molecule has 0 aliphatic carbocycles. The fourth-order valence-corrected chi connectivity index (χ4v) is 6.10. The van der Waals surface area contributed by atoms with Crippen LogP contribution in [0.1, 0.15) is 4.88 Å². The minimum atomic E-state index is 0.392. The predicted octanol–water partition coefficient (Wildman–Crippen LogP) is 2.73. The molecule has 1 saturated heterocycles. The Labute approximate surface area is 117 Å². The van der Waals surface area contributed by atoms with Gasteiger partial charge in [-0.25, -0.2) is 0 Å². The molecule has 3 N–H and O–H groups in total. The minimum absolute atomic E-state index is 0.392. The van der Waals surface area contributed by atoms with Crippen LogP contribution in [0.3, 0.4) is 0 Å². The number of thiophene rings is 1. The largest absolute Gasteiger partial charge is 0.271 e. The van der Waals surface area contributed by atoms with Gasteiger partial charge in [0.05, 0.1) is 0 Å². The van der Waals surface area contributed by atoms with Crippen molar-refractivity contribution in [1.29, 1.82) is 0 Å². The van der Waals surface area contributed by atoms with E-state index in [-0.39, 0.29) is 0 Å². The van der Waals surface area contributed by atoms with Crippen molar-refractivity contribution < 1.29 is 0 Å². The Morgan fingerprint density at radius 2 is 2.44 bits per heavy atom. The molecule has 0 bridgehead atoms. The molecule has 1 aromatic heterocycles. The van der Waals surface area contributed by atoms with E-state index in [1.807, 2.05) is 11.8 Å². The molecular formula is C10H15BrN2S3. The number of hydrogen-bond acceptors (Lipinski definition) is 5. The molecule has 2 rings (SSSR count). The van der Waals surface area contributed by atoms with Gasteiger partial charge >= 0.3 is 0 Å². The van der Waals surface area contributed by atoms with E-state index >= 15 is 0 Å². The van der Waals surface area contributed by atoms with Crippen molar-refractivity contribution in [3.05, 3.63) is 20.8 Å². The van der Waals surface area contributed by atoms with Gasteiger partial charge in [0.15, 0.2) is 0 Å². The summed E-state index contributed by atoms with van der Waals surface area (Å²) in [5.41, 5.74) is 2.99. The van der Waals surface area contributed by atoms with Crippen LogP contribution in [0.4, 0.5) is 0 Å². The highest BCUT2D eigenvalue weighted by Gasteiger charge is 2.24. The number of nitrogens with one attached hydrogen (secondary N) is 1. The molecule has 16 heavy (non-hydrogen) atoms. The number of hydrazine groups is 1. The third-order valence-corrected chi connectivity index (χ3v) is 7.19. The van der Waals surface area contributed by atoms with Crippen LogP contribution in [0.5, 0.6) is 0 Å². The summed E-state index contributed by atoms with van der Waals surface area (Å²) in [6, 6.07) is 2.58. The van der Waals surface area contributed by atoms with E-state index in [4.69, 9.17) is 5.84 Å². The van der Waals surface area contributed by atoms with Gasteiger partial charge in [-0.15, -0.1) is 11.3 Å². The molecule has 0 spiro atoms. The summed E-state index contributed by atoms with van der Waals surface area (Å²) < 4.78 is 1.17. The maximum Gasteiger partial charge on any atom is 0.0385 e. The molecule has 90 valence electrons. The molecule has 1 aliphatic heterocycles. The van der Waals surface area contributed by atoms with Gasteiger partial charge < -0.3 is 0 Å². The van der Waals surface area contributed by atoms with Crippen LogP contribution >= 0.6 is 50.8 Å². The SMILES string of the molecule is NNC(Cc1cc(Br)cs1)C1CSCCS1. The Hall–Kier alpha value is 0.800. The summed E-state index contributed by atoms with van der Waals surface area (Å²) in [7, 11) is 0. The molecule has 2 nitrogen and oxygen atoms in total. The average Bonchev–Trinajstić information content (AvgIpc) is 2.73. The van der Waals surface area contributed by atoms with Crippen LogP contribution in [0.25, 0.3) is 0 Å². The number of thioether (sulfide) groups is 2. The second kappa shape index (κ2) is 6.66. The van der Waals surface area contributed by atoms with E-state index < -0.39 is 0 Å². The first-order valence-electron chi connectivity index (χ1n) is 5.18. The van der Waals surface area contributed by atoms with Crippen molar-refractivity contribution in [2.45, 2.75) is 17.7 Å². The normalized spacial score (nSPS) is 23.2. The van der Waals surface area contributed by atoms with Crippen molar-refractivity contribution in [2.24, 2.45) is 5.84 Å². The highest BCUT2D eigenvalue weighted by molar-refractivity contribution is 9.10. The van der Waals surface area contributed by atoms with Crippen molar-refractivity contribution >= 4 is 50.8 Å². The number of halogens is 1. The number of rotatable bonds is 4. The molecule has 2 atom stereocenters. The third-order valence-electron chi connectivity index (χ3n) is 2.55. The number of nitrogens with two attached hydrogens (primary N) is 1. The van der Waals surface area contributed by atoms with Gasteiger partial charge in [0.2, 0.25) is 0 Å². The van der Waals surface area contributed by atoms with Crippen molar-refractivity contribution in [1.82, 2.24) is 5.43 Å². The summed E-state index contributed by atoms with van der Waals surface area (Å²) >= 11 is 9.38. The highest BCUT2D eigenvalue weighted by Crippen LogP contribution is 2.29. The van der Waals surface area contributed by atoms with Crippen LogP contribution in [0.2, 0.25) is 0 Å². The first kappa shape index (κ1) is 13.2. The first-order chi connectivity index (χ1) is 7.79. The van der Waals surface area contributed by atoms with Gasteiger partial charge in [-0.2, -0.15) is 23.5 Å². The van der Waals surface area contributed by atoms with Gasteiger partial charge in [0.25, 0.3) is 0 Å². The third kappa shape index (κ3) is 3.65. The molecule has 0 aromatic carbocycles. The summed E-state index contributed by atoms with van der Waals surface area (Å²) in [5, 5.41) is 2.77. The van der Waals surface area contributed by atoms with Gasteiger partial charge in [-0.05, 0) is 28.4 Å². The van der Waals surface area contributed by atoms with E-state index in [1.54, 1.807) is 11.3 Å². The van der Waals surface area contributed by atoms with Crippen LogP contribution < -0.4 is 11.3 Å². The Morgan fingerprint density at radius 3 is 3.00 bits per heavy atom. The monoisotopic (exact) mass is 338 g/mol. The molecular weight excluding hydrogens is 324 g/mol. The van der Waals surface area contributed by atoms with Crippen molar-refractivity contribution in [3.8, 4) is 0 Å². The zero-order valence-electron chi connectivity index (χ0n) is 8.82. The summed E-state index contributed by atoms with van der Waals surface area (Å²) in [6.07, 6.45) is 1.03. The Kier molecular flexibility index (Phi) is 5.51. The van der Waals surface area contributed by atoms with Gasteiger partial charge in [-0.1, -0.05) is 0 Å². The molecule has 2 heterocycles. The lowest BCUT2D eigenvalue weighted by Gasteiger charge is -2.28. The van der Waals surface area contributed by atoms with Crippen LogP contribution in [0.15, 0.2) is 15.9 Å². The minimum Gasteiger partial charge on any atom is -0.271 e. The molecule has 1 aliphatic rings. The zero-order valence-corrected chi connectivity index (χ0v) is 12.9. The quantitative estimate of drug-likeness (QED) is 0.653. The van der Waals surface area contributed by atoms with Crippen molar-refractivity contribution in [2.75, 3.05) is 17.3 Å². The van der Waals surface area contributed by atoms with Gasteiger partial charge in [-0.3, -0.25) is 11.3 Å². The van der Waals surface area contributed by atoms with E-state index in [9.17, 15) is 0 Å². The Morgan fingerprint density at radius 1 is 1.56 bits per heavy atom. The smallest absolute Gasteiger partial charge is 0.0385 e. The molecule has 0 radical (unpaired) electrons. The molecule has 1 aromatic rings.